The first-order valence-electron chi connectivity index (χ1n) is 4.33. The molecule has 1 aromatic rings. The van der Waals surface area contributed by atoms with Crippen molar-refractivity contribution in [2.24, 2.45) is 0 Å². The van der Waals surface area contributed by atoms with Gasteiger partial charge in [-0.2, -0.15) is 0 Å². The van der Waals surface area contributed by atoms with E-state index in [0.717, 1.165) is 6.54 Å². The highest BCUT2D eigenvalue weighted by Gasteiger charge is 2.01. The van der Waals surface area contributed by atoms with Crippen molar-refractivity contribution >= 4 is 0 Å². The molecule has 1 radical (unpaired) electrons. The SMILES string of the molecule is [CH2]CNC(C)c1cccc(C)c1. The van der Waals surface area contributed by atoms with E-state index in [1.807, 2.05) is 0 Å². The van der Waals surface area contributed by atoms with Gasteiger partial charge in [-0.3, -0.25) is 0 Å². The minimum atomic E-state index is 0.405. The van der Waals surface area contributed by atoms with Crippen LogP contribution >= 0.6 is 0 Å². The van der Waals surface area contributed by atoms with Crippen LogP contribution in [0.2, 0.25) is 0 Å². The third-order valence-electron chi connectivity index (χ3n) is 1.99. The first-order chi connectivity index (χ1) is 5.74. The Bertz CT molecular complexity index is 243. The summed E-state index contributed by atoms with van der Waals surface area (Å²) in [5.41, 5.74) is 2.64. The standard InChI is InChI=1S/C11H16N/c1-4-12-10(3)11-7-5-6-9(2)8-11/h5-8,10,12H,1,4H2,2-3H3. The lowest BCUT2D eigenvalue weighted by Gasteiger charge is -2.12. The molecule has 0 aliphatic carbocycles. The zero-order chi connectivity index (χ0) is 8.97. The summed E-state index contributed by atoms with van der Waals surface area (Å²) >= 11 is 0. The van der Waals surface area contributed by atoms with Gasteiger partial charge in [0.2, 0.25) is 0 Å². The van der Waals surface area contributed by atoms with Gasteiger partial charge in [-0.1, -0.05) is 29.8 Å². The molecule has 0 fully saturated rings. The lowest BCUT2D eigenvalue weighted by molar-refractivity contribution is 0.616. The fourth-order valence-electron chi connectivity index (χ4n) is 1.27. The van der Waals surface area contributed by atoms with Crippen LogP contribution < -0.4 is 5.32 Å². The van der Waals surface area contributed by atoms with Crippen molar-refractivity contribution in [3.8, 4) is 0 Å². The van der Waals surface area contributed by atoms with Crippen LogP contribution in [0.3, 0.4) is 0 Å². The van der Waals surface area contributed by atoms with Gasteiger partial charge in [0.05, 0.1) is 0 Å². The topological polar surface area (TPSA) is 12.0 Å². The highest BCUT2D eigenvalue weighted by Crippen LogP contribution is 2.12. The van der Waals surface area contributed by atoms with Crippen LogP contribution in [0.4, 0.5) is 0 Å². The van der Waals surface area contributed by atoms with Gasteiger partial charge in [0.15, 0.2) is 0 Å². The predicted molar refractivity (Wildman–Crippen MR) is 53.0 cm³/mol. The smallest absolute Gasteiger partial charge is 0.0291 e. The van der Waals surface area contributed by atoms with Crippen LogP contribution in [-0.2, 0) is 0 Å². The summed E-state index contributed by atoms with van der Waals surface area (Å²) < 4.78 is 0. The van der Waals surface area contributed by atoms with Crippen LogP contribution in [-0.4, -0.2) is 6.54 Å². The molecule has 1 heteroatoms. The molecule has 0 aliphatic heterocycles. The van der Waals surface area contributed by atoms with Gasteiger partial charge in [0.25, 0.3) is 0 Å². The first kappa shape index (κ1) is 9.27. The molecule has 65 valence electrons. The summed E-state index contributed by atoms with van der Waals surface area (Å²) in [6.07, 6.45) is 0. The molecule has 1 rings (SSSR count). The normalized spacial score (nSPS) is 12.9. The Labute approximate surface area is 74.8 Å². The van der Waals surface area contributed by atoms with Gasteiger partial charge >= 0.3 is 0 Å². The Morgan fingerprint density at radius 2 is 2.25 bits per heavy atom. The van der Waals surface area contributed by atoms with E-state index < -0.39 is 0 Å². The lowest BCUT2D eigenvalue weighted by Crippen LogP contribution is -2.17. The molecule has 0 aromatic heterocycles. The van der Waals surface area contributed by atoms with Crippen molar-refractivity contribution in [3.05, 3.63) is 42.3 Å². The molecule has 0 heterocycles. The molecular formula is C11H16N. The monoisotopic (exact) mass is 162 g/mol. The summed E-state index contributed by atoms with van der Waals surface area (Å²) in [4.78, 5) is 0. The Morgan fingerprint density at radius 1 is 1.50 bits per heavy atom. The van der Waals surface area contributed by atoms with Crippen LogP contribution in [0.1, 0.15) is 24.1 Å². The largest absolute Gasteiger partial charge is 0.310 e. The van der Waals surface area contributed by atoms with Gasteiger partial charge in [-0.15, -0.1) is 0 Å². The van der Waals surface area contributed by atoms with Gasteiger partial charge in [-0.05, 0) is 32.9 Å². The van der Waals surface area contributed by atoms with Crippen molar-refractivity contribution in [3.63, 3.8) is 0 Å². The van der Waals surface area contributed by atoms with Gasteiger partial charge < -0.3 is 5.32 Å². The van der Waals surface area contributed by atoms with Crippen LogP contribution in [0.25, 0.3) is 0 Å². The second kappa shape index (κ2) is 4.27. The third-order valence-corrected chi connectivity index (χ3v) is 1.99. The first-order valence-corrected chi connectivity index (χ1v) is 4.33. The number of nitrogens with one attached hydrogen (secondary N) is 1. The average molecular weight is 162 g/mol. The Kier molecular flexibility index (Phi) is 3.30. The Hall–Kier alpha value is -0.820. The third kappa shape index (κ3) is 2.35. The van der Waals surface area contributed by atoms with E-state index in [0.29, 0.717) is 6.04 Å². The average Bonchev–Trinajstić information content (AvgIpc) is 2.05. The summed E-state index contributed by atoms with van der Waals surface area (Å²) in [6, 6.07) is 8.95. The quantitative estimate of drug-likeness (QED) is 0.720. The summed E-state index contributed by atoms with van der Waals surface area (Å²) in [5, 5.41) is 3.28. The van der Waals surface area contributed by atoms with Crippen LogP contribution in [0.15, 0.2) is 24.3 Å². The van der Waals surface area contributed by atoms with Crippen molar-refractivity contribution in [2.45, 2.75) is 19.9 Å². The van der Waals surface area contributed by atoms with Crippen LogP contribution in [0.5, 0.6) is 0 Å². The highest BCUT2D eigenvalue weighted by atomic mass is 14.9. The summed E-state index contributed by atoms with van der Waals surface area (Å²) in [7, 11) is 0. The predicted octanol–water partition coefficient (Wildman–Crippen LogP) is 2.48. The molecular weight excluding hydrogens is 146 g/mol. The molecule has 1 atom stereocenters. The number of benzene rings is 1. The number of hydrogen-bond donors (Lipinski definition) is 1. The molecule has 1 unspecified atom stereocenters. The highest BCUT2D eigenvalue weighted by molar-refractivity contribution is 5.24. The zero-order valence-electron chi connectivity index (χ0n) is 7.80. The van der Waals surface area contributed by atoms with E-state index >= 15 is 0 Å². The van der Waals surface area contributed by atoms with E-state index in [9.17, 15) is 0 Å². The van der Waals surface area contributed by atoms with Crippen molar-refractivity contribution < 1.29 is 0 Å². The van der Waals surface area contributed by atoms with E-state index in [-0.39, 0.29) is 0 Å². The van der Waals surface area contributed by atoms with Crippen molar-refractivity contribution in [2.75, 3.05) is 6.54 Å². The molecule has 1 nitrogen and oxygen atoms in total. The maximum atomic E-state index is 3.76. The van der Waals surface area contributed by atoms with Gasteiger partial charge in [0, 0.05) is 6.04 Å². The number of rotatable bonds is 3. The Balaban J connectivity index is 2.73. The molecule has 1 N–H and O–H groups in total. The summed E-state index contributed by atoms with van der Waals surface area (Å²) in [5.74, 6) is 0. The number of hydrogen-bond acceptors (Lipinski definition) is 1. The molecule has 1 aromatic carbocycles. The lowest BCUT2D eigenvalue weighted by atomic mass is 10.1. The van der Waals surface area contributed by atoms with Crippen LogP contribution in [0, 0.1) is 13.8 Å². The van der Waals surface area contributed by atoms with Gasteiger partial charge in [0.1, 0.15) is 0 Å². The molecule has 0 saturated carbocycles. The maximum Gasteiger partial charge on any atom is 0.0291 e. The second-order valence-corrected chi connectivity index (χ2v) is 3.09. The Morgan fingerprint density at radius 3 is 2.83 bits per heavy atom. The number of aryl methyl sites for hydroxylation is 1. The molecule has 0 bridgehead atoms. The molecule has 0 aliphatic rings. The van der Waals surface area contributed by atoms with Crippen molar-refractivity contribution in [1.82, 2.24) is 5.32 Å². The van der Waals surface area contributed by atoms with E-state index in [4.69, 9.17) is 0 Å². The molecule has 0 amide bonds. The van der Waals surface area contributed by atoms with E-state index in [1.54, 1.807) is 0 Å². The maximum absolute atomic E-state index is 3.76. The second-order valence-electron chi connectivity index (χ2n) is 3.09. The fourth-order valence-corrected chi connectivity index (χ4v) is 1.27. The molecule has 0 spiro atoms. The molecule has 0 saturated heterocycles. The fraction of sp³-hybridized carbons (Fsp3) is 0.364. The minimum Gasteiger partial charge on any atom is -0.310 e. The van der Waals surface area contributed by atoms with E-state index in [2.05, 4.69) is 50.4 Å². The zero-order valence-corrected chi connectivity index (χ0v) is 7.80. The molecule has 12 heavy (non-hydrogen) atoms. The van der Waals surface area contributed by atoms with E-state index in [1.165, 1.54) is 11.1 Å². The van der Waals surface area contributed by atoms with Gasteiger partial charge in [-0.25, -0.2) is 0 Å². The minimum absolute atomic E-state index is 0.405. The van der Waals surface area contributed by atoms with Crippen molar-refractivity contribution in [1.29, 1.82) is 0 Å². The summed E-state index contributed by atoms with van der Waals surface area (Å²) in [6.45, 7) is 8.80.